The highest BCUT2D eigenvalue weighted by molar-refractivity contribution is 5.86. The summed E-state index contributed by atoms with van der Waals surface area (Å²) in [5.74, 6) is 1.51. The zero-order chi connectivity index (χ0) is 25.2. The first kappa shape index (κ1) is 23.4. The summed E-state index contributed by atoms with van der Waals surface area (Å²) in [6, 6.07) is 19.0. The summed E-state index contributed by atoms with van der Waals surface area (Å²) in [6.45, 7) is 7.94. The van der Waals surface area contributed by atoms with E-state index in [0.29, 0.717) is 30.9 Å². The van der Waals surface area contributed by atoms with Crippen molar-refractivity contribution in [3.8, 4) is 11.3 Å². The summed E-state index contributed by atoms with van der Waals surface area (Å²) in [5.41, 5.74) is 6.43. The van der Waals surface area contributed by atoms with Crippen LogP contribution >= 0.6 is 0 Å². The second-order valence-electron chi connectivity index (χ2n) is 9.72. The summed E-state index contributed by atoms with van der Waals surface area (Å²) in [4.78, 5) is 13.2. The van der Waals surface area contributed by atoms with Crippen LogP contribution in [0.25, 0.3) is 27.8 Å². The maximum Gasteiger partial charge on any atom is 0.229 e. The molecular weight excluding hydrogens is 464 g/mol. The van der Waals surface area contributed by atoms with E-state index in [4.69, 9.17) is 14.7 Å². The molecule has 1 fully saturated rings. The quantitative estimate of drug-likeness (QED) is 0.252. The molecule has 4 N–H and O–H groups in total. The number of aromatic nitrogens is 5. The van der Waals surface area contributed by atoms with E-state index >= 15 is 0 Å². The fourth-order valence-electron chi connectivity index (χ4n) is 4.78. The third-order valence-electron chi connectivity index (χ3n) is 6.78. The summed E-state index contributed by atoms with van der Waals surface area (Å²) in [5, 5.41) is 16.1. The molecule has 9 heteroatoms. The van der Waals surface area contributed by atoms with E-state index in [1.54, 1.807) is 4.52 Å². The zero-order valence-electron chi connectivity index (χ0n) is 21.2. The van der Waals surface area contributed by atoms with Gasteiger partial charge in [-0.3, -0.25) is 0 Å². The number of anilines is 2. The molecule has 6 rings (SSSR count). The van der Waals surface area contributed by atoms with E-state index in [9.17, 15) is 0 Å². The highest BCUT2D eigenvalue weighted by Gasteiger charge is 2.18. The Balaban J connectivity index is 1.29. The van der Waals surface area contributed by atoms with Gasteiger partial charge in [0.05, 0.1) is 18.9 Å². The summed E-state index contributed by atoms with van der Waals surface area (Å²) in [7, 11) is 0. The molecule has 4 heterocycles. The minimum absolute atomic E-state index is 0.0858. The van der Waals surface area contributed by atoms with E-state index in [1.165, 1.54) is 5.39 Å². The molecule has 9 nitrogen and oxygen atoms in total. The molecular formula is C28H32N8O. The molecule has 1 saturated heterocycles. The number of para-hydroxylation sites is 1. The predicted molar refractivity (Wildman–Crippen MR) is 147 cm³/mol. The van der Waals surface area contributed by atoms with Gasteiger partial charge in [0.15, 0.2) is 5.65 Å². The van der Waals surface area contributed by atoms with Crippen LogP contribution in [0.15, 0.2) is 60.8 Å². The van der Waals surface area contributed by atoms with Gasteiger partial charge in [0.2, 0.25) is 11.9 Å². The number of rotatable bonds is 8. The van der Waals surface area contributed by atoms with Crippen LogP contribution in [0.2, 0.25) is 0 Å². The van der Waals surface area contributed by atoms with Gasteiger partial charge in [-0.05, 0) is 23.6 Å². The number of benzene rings is 2. The number of nitrogens with one attached hydrogen (secondary N) is 4. The zero-order valence-corrected chi connectivity index (χ0v) is 21.2. The Labute approximate surface area is 215 Å². The van der Waals surface area contributed by atoms with E-state index in [2.05, 4.69) is 94.5 Å². The smallest absolute Gasteiger partial charge is 0.229 e. The predicted octanol–water partition coefficient (Wildman–Crippen LogP) is 4.41. The minimum Gasteiger partial charge on any atom is -0.374 e. The van der Waals surface area contributed by atoms with Crippen molar-refractivity contribution in [3.63, 3.8) is 0 Å². The molecule has 1 aliphatic heterocycles. The first-order valence-corrected chi connectivity index (χ1v) is 12.9. The van der Waals surface area contributed by atoms with Crippen molar-refractivity contribution in [2.45, 2.75) is 32.4 Å². The maximum atomic E-state index is 5.83. The van der Waals surface area contributed by atoms with Gasteiger partial charge in [-0.25, -0.2) is 0 Å². The lowest BCUT2D eigenvalue weighted by Gasteiger charge is -2.23. The second-order valence-corrected chi connectivity index (χ2v) is 9.72. The van der Waals surface area contributed by atoms with Crippen LogP contribution in [0.3, 0.4) is 0 Å². The molecule has 1 aliphatic rings. The molecule has 0 bridgehead atoms. The summed E-state index contributed by atoms with van der Waals surface area (Å²) >= 11 is 0. The fraction of sp³-hybridized carbons (Fsp3) is 0.321. The molecule has 0 aliphatic carbocycles. The molecule has 0 amide bonds. The lowest BCUT2D eigenvalue weighted by atomic mass is 10.0. The average molecular weight is 497 g/mol. The second kappa shape index (κ2) is 10.2. The number of hydrogen-bond donors (Lipinski definition) is 4. The number of aromatic amines is 1. The minimum atomic E-state index is 0.0858. The van der Waals surface area contributed by atoms with Crippen molar-refractivity contribution < 1.29 is 4.74 Å². The molecule has 0 radical (unpaired) electrons. The lowest BCUT2D eigenvalue weighted by Crippen LogP contribution is -2.42. The van der Waals surface area contributed by atoms with Crippen molar-refractivity contribution in [1.29, 1.82) is 0 Å². The van der Waals surface area contributed by atoms with Crippen molar-refractivity contribution >= 4 is 28.4 Å². The van der Waals surface area contributed by atoms with Gasteiger partial charge in [-0.15, -0.1) is 0 Å². The molecule has 1 unspecified atom stereocenters. The van der Waals surface area contributed by atoms with Crippen LogP contribution in [0.1, 0.15) is 30.9 Å². The molecule has 3 aromatic heterocycles. The van der Waals surface area contributed by atoms with Gasteiger partial charge in [0, 0.05) is 53.9 Å². The van der Waals surface area contributed by atoms with E-state index < -0.39 is 0 Å². The van der Waals surface area contributed by atoms with E-state index in [1.807, 2.05) is 6.20 Å². The van der Waals surface area contributed by atoms with E-state index in [0.717, 1.165) is 53.2 Å². The Kier molecular flexibility index (Phi) is 6.46. The first-order valence-electron chi connectivity index (χ1n) is 12.9. The SMILES string of the molecule is CC(C)c1cnn2c(NCc3ccccc3-c3cc4ccccc4[nH]3)nc(NCC3CNCCO3)nc12. The topological polar surface area (TPSA) is 104 Å². The summed E-state index contributed by atoms with van der Waals surface area (Å²) < 4.78 is 7.63. The molecule has 0 spiro atoms. The largest absolute Gasteiger partial charge is 0.374 e. The molecule has 1 atom stereocenters. The molecule has 5 aromatic rings. The first-order chi connectivity index (χ1) is 18.2. The standard InChI is InChI=1S/C28H32N8O/c1-18(2)23-17-32-36-26(23)34-27(30-16-21-15-29-11-12-37-21)35-28(36)31-14-20-8-3-5-9-22(20)25-13-19-7-4-6-10-24(19)33-25/h3-10,13,17-18,21,29,33H,11-12,14-16H2,1-2H3,(H2,30,31,34,35). The van der Waals surface area contributed by atoms with Gasteiger partial charge in [0.25, 0.3) is 0 Å². The number of hydrogen-bond acceptors (Lipinski definition) is 7. The van der Waals surface area contributed by atoms with Crippen molar-refractivity contribution in [3.05, 3.63) is 71.9 Å². The number of nitrogens with zero attached hydrogens (tertiary/aromatic N) is 4. The average Bonchev–Trinajstić information content (AvgIpc) is 3.56. The Morgan fingerprint density at radius 1 is 1.08 bits per heavy atom. The fourth-order valence-corrected chi connectivity index (χ4v) is 4.78. The van der Waals surface area contributed by atoms with Crippen LogP contribution < -0.4 is 16.0 Å². The normalized spacial score (nSPS) is 16.0. The van der Waals surface area contributed by atoms with Gasteiger partial charge < -0.3 is 25.7 Å². The number of fused-ring (bicyclic) bond motifs is 2. The Morgan fingerprint density at radius 3 is 2.78 bits per heavy atom. The monoisotopic (exact) mass is 496 g/mol. The van der Waals surface area contributed by atoms with Crippen LogP contribution in [-0.2, 0) is 11.3 Å². The molecule has 0 saturated carbocycles. The van der Waals surface area contributed by atoms with Gasteiger partial charge in [0.1, 0.15) is 0 Å². The van der Waals surface area contributed by atoms with Gasteiger partial charge in [-0.1, -0.05) is 56.3 Å². The van der Waals surface area contributed by atoms with Crippen LogP contribution in [0.4, 0.5) is 11.9 Å². The third kappa shape index (κ3) is 4.87. The van der Waals surface area contributed by atoms with E-state index in [-0.39, 0.29) is 6.10 Å². The highest BCUT2D eigenvalue weighted by atomic mass is 16.5. The number of morpholine rings is 1. The molecule has 37 heavy (non-hydrogen) atoms. The van der Waals surface area contributed by atoms with Crippen LogP contribution in [0, 0.1) is 0 Å². The van der Waals surface area contributed by atoms with Crippen LogP contribution in [-0.4, -0.2) is 56.9 Å². The number of H-pyrrole nitrogens is 1. The Hall–Kier alpha value is -3.95. The van der Waals surface area contributed by atoms with Crippen molar-refractivity contribution in [2.24, 2.45) is 0 Å². The van der Waals surface area contributed by atoms with Gasteiger partial charge >= 0.3 is 0 Å². The van der Waals surface area contributed by atoms with Crippen molar-refractivity contribution in [2.75, 3.05) is 36.9 Å². The lowest BCUT2D eigenvalue weighted by molar-refractivity contribution is 0.0371. The molecule has 190 valence electrons. The summed E-state index contributed by atoms with van der Waals surface area (Å²) in [6.07, 6.45) is 1.97. The number of ether oxygens (including phenoxy) is 1. The van der Waals surface area contributed by atoms with Gasteiger partial charge in [-0.2, -0.15) is 19.6 Å². The highest BCUT2D eigenvalue weighted by Crippen LogP contribution is 2.28. The van der Waals surface area contributed by atoms with Crippen molar-refractivity contribution in [1.82, 2.24) is 29.9 Å². The maximum absolute atomic E-state index is 5.83. The third-order valence-corrected chi connectivity index (χ3v) is 6.78. The Bertz CT molecular complexity index is 1480. The van der Waals surface area contributed by atoms with Crippen LogP contribution in [0.5, 0.6) is 0 Å². The molecule has 2 aromatic carbocycles. The Morgan fingerprint density at radius 2 is 1.95 bits per heavy atom.